The molecule has 3 aromatic rings. The van der Waals surface area contributed by atoms with E-state index in [0.717, 1.165) is 5.56 Å². The van der Waals surface area contributed by atoms with Crippen LogP contribution in [0.4, 0.5) is 10.6 Å². The van der Waals surface area contributed by atoms with Crippen LogP contribution in [0.5, 0.6) is 11.5 Å². The summed E-state index contributed by atoms with van der Waals surface area (Å²) in [5.74, 6) is 0.326. The van der Waals surface area contributed by atoms with Crippen molar-refractivity contribution in [3.63, 3.8) is 0 Å². The van der Waals surface area contributed by atoms with Crippen LogP contribution >= 0.6 is 0 Å². The number of imidazole rings is 1. The van der Waals surface area contributed by atoms with Crippen LogP contribution < -0.4 is 14.8 Å². The third kappa shape index (κ3) is 3.42. The summed E-state index contributed by atoms with van der Waals surface area (Å²) in [7, 11) is 0. The van der Waals surface area contributed by atoms with Gasteiger partial charge in [0.05, 0.1) is 6.33 Å². The SMILES string of the molecule is O=C(O)Cn1cnc2c(NC(=O)OCc3ccc4c(c3)OCO4)ncnc21. The van der Waals surface area contributed by atoms with Crippen LogP contribution in [0, 0.1) is 0 Å². The molecule has 1 aliphatic heterocycles. The summed E-state index contributed by atoms with van der Waals surface area (Å²) in [6.45, 7) is -0.121. The molecule has 2 aromatic heterocycles. The van der Waals surface area contributed by atoms with Gasteiger partial charge in [-0.15, -0.1) is 0 Å². The summed E-state index contributed by atoms with van der Waals surface area (Å²) in [4.78, 5) is 34.9. The van der Waals surface area contributed by atoms with Gasteiger partial charge in [-0.25, -0.2) is 19.7 Å². The van der Waals surface area contributed by atoms with Crippen molar-refractivity contribution in [2.45, 2.75) is 13.2 Å². The van der Waals surface area contributed by atoms with Crippen molar-refractivity contribution >= 4 is 29.0 Å². The molecular formula is C16H13N5O6. The maximum atomic E-state index is 12.1. The molecule has 1 aliphatic rings. The van der Waals surface area contributed by atoms with E-state index < -0.39 is 12.1 Å². The molecule has 0 saturated heterocycles. The molecule has 3 heterocycles. The number of carboxylic acid groups (broad SMARTS) is 1. The monoisotopic (exact) mass is 371 g/mol. The van der Waals surface area contributed by atoms with E-state index >= 15 is 0 Å². The second kappa shape index (κ2) is 6.78. The molecule has 0 aliphatic carbocycles. The number of nitrogens with one attached hydrogen (secondary N) is 1. The van der Waals surface area contributed by atoms with Gasteiger partial charge in [-0.2, -0.15) is 0 Å². The predicted molar refractivity (Wildman–Crippen MR) is 89.3 cm³/mol. The van der Waals surface area contributed by atoms with E-state index in [1.807, 2.05) is 0 Å². The van der Waals surface area contributed by atoms with E-state index in [4.69, 9.17) is 19.3 Å². The lowest BCUT2D eigenvalue weighted by Crippen LogP contribution is -2.15. The lowest BCUT2D eigenvalue weighted by molar-refractivity contribution is -0.137. The number of aliphatic carboxylic acids is 1. The smallest absolute Gasteiger partial charge is 0.413 e. The molecule has 0 fully saturated rings. The Labute approximate surface area is 151 Å². The van der Waals surface area contributed by atoms with Crippen LogP contribution in [0.2, 0.25) is 0 Å². The summed E-state index contributed by atoms with van der Waals surface area (Å²) < 4.78 is 17.0. The number of hydrogen-bond donors (Lipinski definition) is 2. The highest BCUT2D eigenvalue weighted by molar-refractivity contribution is 5.93. The van der Waals surface area contributed by atoms with Gasteiger partial charge in [-0.05, 0) is 17.7 Å². The number of amides is 1. The van der Waals surface area contributed by atoms with Crippen molar-refractivity contribution < 1.29 is 28.9 Å². The van der Waals surface area contributed by atoms with E-state index in [1.165, 1.54) is 17.2 Å². The van der Waals surface area contributed by atoms with Gasteiger partial charge >= 0.3 is 12.1 Å². The quantitative estimate of drug-likeness (QED) is 0.681. The summed E-state index contributed by atoms with van der Waals surface area (Å²) in [5.41, 5.74) is 1.28. The summed E-state index contributed by atoms with van der Waals surface area (Å²) in [6.07, 6.45) is 1.78. The fraction of sp³-hybridized carbons (Fsp3) is 0.188. The normalized spacial score (nSPS) is 12.1. The van der Waals surface area contributed by atoms with Gasteiger partial charge in [0.25, 0.3) is 0 Å². The van der Waals surface area contributed by atoms with E-state index in [1.54, 1.807) is 18.2 Å². The van der Waals surface area contributed by atoms with E-state index in [9.17, 15) is 9.59 Å². The molecule has 0 unspecified atom stereocenters. The van der Waals surface area contributed by atoms with Gasteiger partial charge in [0, 0.05) is 0 Å². The highest BCUT2D eigenvalue weighted by Crippen LogP contribution is 2.32. The topological polar surface area (TPSA) is 138 Å². The largest absolute Gasteiger partial charge is 0.480 e. The number of fused-ring (bicyclic) bond motifs is 2. The van der Waals surface area contributed by atoms with Crippen LogP contribution in [0.25, 0.3) is 11.2 Å². The van der Waals surface area contributed by atoms with Crippen LogP contribution in [0.1, 0.15) is 5.56 Å². The molecule has 0 radical (unpaired) electrons. The van der Waals surface area contributed by atoms with Crippen molar-refractivity contribution in [2.75, 3.05) is 12.1 Å². The minimum absolute atomic E-state index is 0.0180. The van der Waals surface area contributed by atoms with E-state index in [2.05, 4.69) is 20.3 Å². The third-order valence-corrected chi connectivity index (χ3v) is 3.73. The molecule has 0 atom stereocenters. The minimum atomic E-state index is -1.04. The molecular weight excluding hydrogens is 358 g/mol. The van der Waals surface area contributed by atoms with Gasteiger partial charge in [0.2, 0.25) is 6.79 Å². The number of nitrogens with zero attached hydrogens (tertiary/aromatic N) is 4. The first-order valence-corrected chi connectivity index (χ1v) is 7.80. The van der Waals surface area contributed by atoms with Crippen LogP contribution in [0.15, 0.2) is 30.9 Å². The molecule has 11 heteroatoms. The van der Waals surface area contributed by atoms with Crippen molar-refractivity contribution in [2.24, 2.45) is 0 Å². The molecule has 1 aromatic carbocycles. The second-order valence-corrected chi connectivity index (χ2v) is 5.55. The zero-order chi connectivity index (χ0) is 18.8. The lowest BCUT2D eigenvalue weighted by Gasteiger charge is -2.07. The first-order chi connectivity index (χ1) is 13.1. The number of hydrogen-bond acceptors (Lipinski definition) is 8. The Morgan fingerprint density at radius 2 is 2.07 bits per heavy atom. The average Bonchev–Trinajstić information content (AvgIpc) is 3.27. The zero-order valence-electron chi connectivity index (χ0n) is 13.8. The van der Waals surface area contributed by atoms with Crippen molar-refractivity contribution in [3.8, 4) is 11.5 Å². The molecule has 27 heavy (non-hydrogen) atoms. The van der Waals surface area contributed by atoms with Crippen molar-refractivity contribution in [1.82, 2.24) is 19.5 Å². The Bertz CT molecular complexity index is 1030. The number of carbonyl (C=O) groups excluding carboxylic acids is 1. The highest BCUT2D eigenvalue weighted by atomic mass is 16.7. The Morgan fingerprint density at radius 3 is 2.93 bits per heavy atom. The zero-order valence-corrected chi connectivity index (χ0v) is 13.8. The fourth-order valence-corrected chi connectivity index (χ4v) is 2.55. The number of ether oxygens (including phenoxy) is 3. The molecule has 0 bridgehead atoms. The predicted octanol–water partition coefficient (Wildman–Crippen LogP) is 1.39. The van der Waals surface area contributed by atoms with Gasteiger partial charge in [0.1, 0.15) is 19.5 Å². The van der Waals surface area contributed by atoms with Crippen LogP contribution in [0.3, 0.4) is 0 Å². The van der Waals surface area contributed by atoms with Gasteiger partial charge in [0.15, 0.2) is 28.5 Å². The number of carbonyl (C=O) groups is 2. The Hall–Kier alpha value is -3.89. The Kier molecular flexibility index (Phi) is 4.16. The van der Waals surface area contributed by atoms with Gasteiger partial charge in [-0.3, -0.25) is 10.1 Å². The van der Waals surface area contributed by atoms with Gasteiger partial charge in [-0.1, -0.05) is 6.07 Å². The number of aromatic nitrogens is 4. The molecule has 138 valence electrons. The van der Waals surface area contributed by atoms with Crippen LogP contribution in [-0.4, -0.2) is 43.5 Å². The number of anilines is 1. The molecule has 1 amide bonds. The Morgan fingerprint density at radius 1 is 1.22 bits per heavy atom. The summed E-state index contributed by atoms with van der Waals surface area (Å²) in [5, 5.41) is 11.4. The van der Waals surface area contributed by atoms with E-state index in [-0.39, 0.29) is 31.3 Å². The fourth-order valence-electron chi connectivity index (χ4n) is 2.55. The number of carboxylic acids is 1. The second-order valence-electron chi connectivity index (χ2n) is 5.55. The number of benzene rings is 1. The lowest BCUT2D eigenvalue weighted by atomic mass is 10.2. The van der Waals surface area contributed by atoms with E-state index in [0.29, 0.717) is 17.1 Å². The Balaban J connectivity index is 1.43. The van der Waals surface area contributed by atoms with Crippen molar-refractivity contribution in [1.29, 1.82) is 0 Å². The molecule has 11 nitrogen and oxygen atoms in total. The summed E-state index contributed by atoms with van der Waals surface area (Å²) >= 11 is 0. The molecule has 0 saturated carbocycles. The number of rotatable bonds is 5. The standard InChI is InChI=1S/C16H13N5O6/c22-12(23)4-21-7-19-13-14(17-6-18-15(13)21)20-16(24)25-5-9-1-2-10-11(3-9)27-8-26-10/h1-3,6-7H,4-5,8H2,(H,22,23)(H,17,18,20,24). The summed E-state index contributed by atoms with van der Waals surface area (Å²) in [6, 6.07) is 5.23. The molecule has 4 rings (SSSR count). The molecule has 2 N–H and O–H groups in total. The van der Waals surface area contributed by atoms with Crippen molar-refractivity contribution in [3.05, 3.63) is 36.4 Å². The van der Waals surface area contributed by atoms with Crippen LogP contribution in [-0.2, 0) is 22.7 Å². The van der Waals surface area contributed by atoms with Gasteiger partial charge < -0.3 is 23.9 Å². The molecule has 0 spiro atoms. The first-order valence-electron chi connectivity index (χ1n) is 7.80. The average molecular weight is 371 g/mol. The third-order valence-electron chi connectivity index (χ3n) is 3.73. The minimum Gasteiger partial charge on any atom is -0.480 e. The maximum absolute atomic E-state index is 12.1. The maximum Gasteiger partial charge on any atom is 0.413 e. The first kappa shape index (κ1) is 16.6. The highest BCUT2D eigenvalue weighted by Gasteiger charge is 2.16.